The Morgan fingerprint density at radius 3 is 2.85 bits per heavy atom. The van der Waals surface area contributed by atoms with E-state index >= 15 is 0 Å². The van der Waals surface area contributed by atoms with Crippen LogP contribution in [0.4, 0.5) is 0 Å². The molecule has 3 heteroatoms. The Morgan fingerprint density at radius 2 is 2.31 bits per heavy atom. The van der Waals surface area contributed by atoms with Crippen molar-refractivity contribution >= 4 is 0 Å². The predicted molar refractivity (Wildman–Crippen MR) is 53.4 cm³/mol. The number of likely N-dealkylation sites (tertiary alicyclic amines) is 1. The van der Waals surface area contributed by atoms with Gasteiger partial charge in [0.1, 0.15) is 0 Å². The fourth-order valence-electron chi connectivity index (χ4n) is 1.88. The van der Waals surface area contributed by atoms with Gasteiger partial charge < -0.3 is 10.0 Å². The lowest BCUT2D eigenvalue weighted by molar-refractivity contribution is 0.179. The molecule has 2 unspecified atom stereocenters. The average Bonchev–Trinajstić information content (AvgIpc) is 2.31. The zero-order valence-corrected chi connectivity index (χ0v) is 8.40. The highest BCUT2D eigenvalue weighted by Gasteiger charge is 2.30. The van der Waals surface area contributed by atoms with E-state index in [2.05, 4.69) is 15.7 Å². The summed E-state index contributed by atoms with van der Waals surface area (Å²) >= 11 is 0. The van der Waals surface area contributed by atoms with Crippen LogP contribution in [0.25, 0.3) is 0 Å². The fourth-order valence-corrected chi connectivity index (χ4v) is 1.88. The predicted octanol–water partition coefficient (Wildman–Crippen LogP) is -0.384. The van der Waals surface area contributed by atoms with Gasteiger partial charge in [-0.2, -0.15) is 0 Å². The molecule has 0 radical (unpaired) electrons. The number of terminal acetylenes is 1. The molecule has 1 aliphatic heterocycles. The second kappa shape index (κ2) is 4.61. The molecule has 2 atom stereocenters. The Morgan fingerprint density at radius 1 is 1.62 bits per heavy atom. The van der Waals surface area contributed by atoms with Crippen LogP contribution in [-0.4, -0.2) is 60.8 Å². The zero-order chi connectivity index (χ0) is 9.84. The lowest BCUT2D eigenvalue weighted by Gasteiger charge is -2.24. The van der Waals surface area contributed by atoms with E-state index in [1.54, 1.807) is 0 Å². The topological polar surface area (TPSA) is 26.7 Å². The molecule has 0 aliphatic carbocycles. The Balaban J connectivity index is 2.46. The van der Waals surface area contributed by atoms with Gasteiger partial charge in [0.05, 0.1) is 12.6 Å². The molecular formula is C10H18N2O. The van der Waals surface area contributed by atoms with Crippen molar-refractivity contribution in [2.75, 3.05) is 33.7 Å². The number of β-amino-alcohol motifs (C(OH)–C–C–N with tert-alkyl or cyclic N) is 1. The quantitative estimate of drug-likeness (QED) is 0.603. The van der Waals surface area contributed by atoms with Crippen LogP contribution >= 0.6 is 0 Å². The summed E-state index contributed by atoms with van der Waals surface area (Å²) in [6.07, 6.45) is 5.91. The maximum Gasteiger partial charge on any atom is 0.0683 e. The zero-order valence-electron chi connectivity index (χ0n) is 8.40. The number of likely N-dealkylation sites (N-methyl/N-ethyl adjacent to an activating group) is 1. The third-order valence-electron chi connectivity index (χ3n) is 2.38. The number of aliphatic hydroxyl groups is 1. The second-order valence-corrected chi connectivity index (χ2v) is 3.94. The second-order valence-electron chi connectivity index (χ2n) is 3.94. The molecule has 0 spiro atoms. The molecule has 0 bridgehead atoms. The van der Waals surface area contributed by atoms with Crippen molar-refractivity contribution < 1.29 is 5.11 Å². The lowest BCUT2D eigenvalue weighted by Crippen LogP contribution is -2.37. The van der Waals surface area contributed by atoms with E-state index in [4.69, 9.17) is 6.42 Å². The molecule has 0 amide bonds. The summed E-state index contributed by atoms with van der Waals surface area (Å²) in [7, 11) is 4.08. The van der Waals surface area contributed by atoms with Crippen LogP contribution in [0.15, 0.2) is 0 Å². The third kappa shape index (κ3) is 3.00. The van der Waals surface area contributed by atoms with Crippen LogP contribution in [0.1, 0.15) is 6.42 Å². The van der Waals surface area contributed by atoms with Gasteiger partial charge in [0, 0.05) is 19.1 Å². The minimum absolute atomic E-state index is 0.196. The van der Waals surface area contributed by atoms with Crippen LogP contribution < -0.4 is 0 Å². The van der Waals surface area contributed by atoms with Gasteiger partial charge in [0.15, 0.2) is 0 Å². The van der Waals surface area contributed by atoms with Crippen molar-refractivity contribution in [1.29, 1.82) is 0 Å². The van der Waals surface area contributed by atoms with E-state index in [1.165, 1.54) is 0 Å². The monoisotopic (exact) mass is 182 g/mol. The van der Waals surface area contributed by atoms with E-state index in [9.17, 15) is 5.11 Å². The van der Waals surface area contributed by atoms with Gasteiger partial charge in [0.2, 0.25) is 0 Å². The minimum Gasteiger partial charge on any atom is -0.392 e. The molecule has 1 aliphatic rings. The smallest absolute Gasteiger partial charge is 0.0683 e. The van der Waals surface area contributed by atoms with Crippen LogP contribution in [-0.2, 0) is 0 Å². The molecule has 3 nitrogen and oxygen atoms in total. The highest BCUT2D eigenvalue weighted by molar-refractivity contribution is 4.95. The third-order valence-corrected chi connectivity index (χ3v) is 2.38. The molecule has 1 N–H and O–H groups in total. The number of hydrogen-bond donors (Lipinski definition) is 1. The maximum absolute atomic E-state index is 9.48. The molecular weight excluding hydrogens is 164 g/mol. The molecule has 1 heterocycles. The number of aliphatic hydroxyl groups excluding tert-OH is 1. The van der Waals surface area contributed by atoms with Gasteiger partial charge in [-0.3, -0.25) is 4.90 Å². The van der Waals surface area contributed by atoms with Crippen LogP contribution in [0.5, 0.6) is 0 Å². The lowest BCUT2D eigenvalue weighted by atomic mass is 10.2. The first-order chi connectivity index (χ1) is 6.13. The summed E-state index contributed by atoms with van der Waals surface area (Å²) in [4.78, 5) is 4.30. The largest absolute Gasteiger partial charge is 0.392 e. The minimum atomic E-state index is -0.196. The van der Waals surface area contributed by atoms with E-state index < -0.39 is 0 Å². The Hall–Kier alpha value is -0.560. The van der Waals surface area contributed by atoms with E-state index in [-0.39, 0.29) is 6.10 Å². The maximum atomic E-state index is 9.48. The van der Waals surface area contributed by atoms with Crippen molar-refractivity contribution in [3.8, 4) is 12.3 Å². The van der Waals surface area contributed by atoms with Crippen molar-refractivity contribution in [3.05, 3.63) is 0 Å². The van der Waals surface area contributed by atoms with Gasteiger partial charge in [-0.15, -0.1) is 6.42 Å². The SMILES string of the molecule is C#CCN1CC(O)CC1CN(C)C. The molecule has 1 rings (SSSR count). The van der Waals surface area contributed by atoms with Gasteiger partial charge in [0.25, 0.3) is 0 Å². The van der Waals surface area contributed by atoms with E-state index in [0.717, 1.165) is 19.5 Å². The van der Waals surface area contributed by atoms with Gasteiger partial charge in [-0.1, -0.05) is 5.92 Å². The summed E-state index contributed by atoms with van der Waals surface area (Å²) in [6.45, 7) is 2.34. The molecule has 0 aromatic heterocycles. The Kier molecular flexibility index (Phi) is 3.73. The first-order valence-corrected chi connectivity index (χ1v) is 4.63. The Bertz CT molecular complexity index is 198. The molecule has 0 aromatic carbocycles. The van der Waals surface area contributed by atoms with Gasteiger partial charge >= 0.3 is 0 Å². The number of hydrogen-bond acceptors (Lipinski definition) is 3. The van der Waals surface area contributed by atoms with E-state index in [0.29, 0.717) is 12.6 Å². The normalized spacial score (nSPS) is 29.5. The molecule has 0 aromatic rings. The standard InChI is InChI=1S/C10H18N2O/c1-4-5-12-8-10(13)6-9(12)7-11(2)3/h1,9-10,13H,5-8H2,2-3H3. The molecule has 13 heavy (non-hydrogen) atoms. The van der Waals surface area contributed by atoms with E-state index in [1.807, 2.05) is 14.1 Å². The summed E-state index contributed by atoms with van der Waals surface area (Å²) in [5.41, 5.74) is 0. The first-order valence-electron chi connectivity index (χ1n) is 4.63. The van der Waals surface area contributed by atoms with Crippen LogP contribution in [0, 0.1) is 12.3 Å². The number of rotatable bonds is 3. The summed E-state index contributed by atoms with van der Waals surface area (Å²) in [6, 6.07) is 0.418. The Labute approximate surface area is 80.3 Å². The van der Waals surface area contributed by atoms with Gasteiger partial charge in [-0.05, 0) is 20.5 Å². The number of nitrogens with zero attached hydrogens (tertiary/aromatic N) is 2. The summed E-state index contributed by atoms with van der Waals surface area (Å²) in [5, 5.41) is 9.48. The van der Waals surface area contributed by atoms with Crippen molar-refractivity contribution in [2.45, 2.75) is 18.6 Å². The van der Waals surface area contributed by atoms with Crippen molar-refractivity contribution in [3.63, 3.8) is 0 Å². The molecule has 74 valence electrons. The average molecular weight is 182 g/mol. The summed E-state index contributed by atoms with van der Waals surface area (Å²) in [5.74, 6) is 2.63. The summed E-state index contributed by atoms with van der Waals surface area (Å²) < 4.78 is 0. The first kappa shape index (κ1) is 10.5. The fraction of sp³-hybridized carbons (Fsp3) is 0.800. The van der Waals surface area contributed by atoms with Crippen molar-refractivity contribution in [1.82, 2.24) is 9.80 Å². The van der Waals surface area contributed by atoms with Crippen LogP contribution in [0.2, 0.25) is 0 Å². The van der Waals surface area contributed by atoms with Gasteiger partial charge in [-0.25, -0.2) is 0 Å². The van der Waals surface area contributed by atoms with Crippen LogP contribution in [0.3, 0.4) is 0 Å². The molecule has 1 fully saturated rings. The highest BCUT2D eigenvalue weighted by atomic mass is 16.3. The molecule has 1 saturated heterocycles. The molecule has 0 saturated carbocycles. The highest BCUT2D eigenvalue weighted by Crippen LogP contribution is 2.17. The van der Waals surface area contributed by atoms with Crippen molar-refractivity contribution in [2.24, 2.45) is 0 Å².